The summed E-state index contributed by atoms with van der Waals surface area (Å²) in [6.07, 6.45) is 0. The van der Waals surface area contributed by atoms with E-state index >= 15 is 0 Å². The fourth-order valence-corrected chi connectivity index (χ4v) is 2.60. The number of nitrogens with zero attached hydrogens (tertiary/aromatic N) is 3. The summed E-state index contributed by atoms with van der Waals surface area (Å²) in [5.41, 5.74) is 3.69. The molecule has 18 heavy (non-hydrogen) atoms. The second-order valence-corrected chi connectivity index (χ2v) is 5.10. The van der Waals surface area contributed by atoms with E-state index < -0.39 is 11.6 Å². The van der Waals surface area contributed by atoms with Crippen LogP contribution in [0.5, 0.6) is 0 Å². The number of fused-ring (bicyclic) bond motifs is 1. The average molecular weight is 268 g/mol. The number of thioether (sulfide) groups is 1. The lowest BCUT2D eigenvalue weighted by molar-refractivity contribution is 0.509. The van der Waals surface area contributed by atoms with Crippen molar-refractivity contribution in [1.82, 2.24) is 14.9 Å². The minimum absolute atomic E-state index is 0.266. The highest BCUT2D eigenvalue weighted by Gasteiger charge is 2.21. The van der Waals surface area contributed by atoms with Gasteiger partial charge in [-0.05, 0) is 25.1 Å². The van der Waals surface area contributed by atoms with Gasteiger partial charge in [0.1, 0.15) is 0 Å². The van der Waals surface area contributed by atoms with Crippen LogP contribution in [-0.2, 0) is 0 Å². The van der Waals surface area contributed by atoms with E-state index in [1.807, 2.05) is 6.92 Å². The Balaban J connectivity index is 2.07. The number of halogens is 2. The molecule has 0 spiro atoms. The van der Waals surface area contributed by atoms with Crippen molar-refractivity contribution in [3.05, 3.63) is 29.8 Å². The molecule has 1 aliphatic heterocycles. The Morgan fingerprint density at radius 3 is 2.94 bits per heavy atom. The van der Waals surface area contributed by atoms with Crippen LogP contribution in [0.15, 0.2) is 23.4 Å². The van der Waals surface area contributed by atoms with E-state index in [9.17, 15) is 8.78 Å². The van der Waals surface area contributed by atoms with Gasteiger partial charge in [0.05, 0.1) is 0 Å². The van der Waals surface area contributed by atoms with Crippen molar-refractivity contribution in [2.75, 3.05) is 11.2 Å². The van der Waals surface area contributed by atoms with Crippen molar-refractivity contribution in [3.63, 3.8) is 0 Å². The fourth-order valence-electron chi connectivity index (χ4n) is 1.76. The summed E-state index contributed by atoms with van der Waals surface area (Å²) >= 11 is 1.58. The number of rotatable bonds is 1. The van der Waals surface area contributed by atoms with Gasteiger partial charge in [0, 0.05) is 17.4 Å². The van der Waals surface area contributed by atoms with E-state index in [0.717, 1.165) is 23.0 Å². The van der Waals surface area contributed by atoms with Crippen LogP contribution in [-0.4, -0.2) is 26.7 Å². The zero-order chi connectivity index (χ0) is 12.7. The lowest BCUT2D eigenvalue weighted by Gasteiger charge is -2.22. The maximum absolute atomic E-state index is 13.2. The first-order chi connectivity index (χ1) is 8.65. The van der Waals surface area contributed by atoms with Crippen LogP contribution in [0.1, 0.15) is 6.92 Å². The molecular weight excluding hydrogens is 258 g/mol. The molecule has 1 aromatic heterocycles. The van der Waals surface area contributed by atoms with Gasteiger partial charge in [-0.2, -0.15) is 0 Å². The molecular formula is C11H10F2N4S. The van der Waals surface area contributed by atoms with E-state index in [-0.39, 0.29) is 6.04 Å². The van der Waals surface area contributed by atoms with Crippen LogP contribution in [0, 0.1) is 11.6 Å². The number of hydrogen-bond donors (Lipinski definition) is 1. The summed E-state index contributed by atoms with van der Waals surface area (Å²) in [4.78, 5) is 0. The second-order valence-electron chi connectivity index (χ2n) is 4.11. The highest BCUT2D eigenvalue weighted by molar-refractivity contribution is 7.99. The van der Waals surface area contributed by atoms with E-state index in [2.05, 4.69) is 15.6 Å². The van der Waals surface area contributed by atoms with Crippen LogP contribution in [0.4, 0.5) is 8.78 Å². The third-order valence-electron chi connectivity index (χ3n) is 2.62. The van der Waals surface area contributed by atoms with Crippen LogP contribution in [0.3, 0.4) is 0 Å². The molecule has 0 radical (unpaired) electrons. The number of hydrogen-bond acceptors (Lipinski definition) is 4. The average Bonchev–Trinajstić information content (AvgIpc) is 2.75. The summed E-state index contributed by atoms with van der Waals surface area (Å²) in [5.74, 6) is -0.368. The molecule has 1 unspecified atom stereocenters. The summed E-state index contributed by atoms with van der Waals surface area (Å²) < 4.78 is 27.8. The van der Waals surface area contributed by atoms with Gasteiger partial charge in [-0.25, -0.2) is 13.5 Å². The summed E-state index contributed by atoms with van der Waals surface area (Å²) in [6, 6.07) is 3.97. The Bertz CT molecular complexity index is 599. The molecule has 7 heteroatoms. The first-order valence-electron chi connectivity index (χ1n) is 5.45. The quantitative estimate of drug-likeness (QED) is 0.861. The third-order valence-corrected chi connectivity index (χ3v) is 3.81. The van der Waals surface area contributed by atoms with Crippen LogP contribution >= 0.6 is 11.8 Å². The summed E-state index contributed by atoms with van der Waals surface area (Å²) in [7, 11) is 0. The van der Waals surface area contributed by atoms with E-state index in [4.69, 9.17) is 0 Å². The van der Waals surface area contributed by atoms with Gasteiger partial charge in [-0.1, -0.05) is 11.8 Å². The molecule has 0 bridgehead atoms. The maximum Gasteiger partial charge on any atom is 0.210 e. The first-order valence-corrected chi connectivity index (χ1v) is 6.44. The molecule has 0 saturated heterocycles. The molecule has 94 valence electrons. The minimum atomic E-state index is -0.888. The zero-order valence-corrected chi connectivity index (χ0v) is 10.3. The molecule has 3 rings (SSSR count). The molecule has 1 aromatic carbocycles. The van der Waals surface area contributed by atoms with Crippen molar-refractivity contribution in [3.8, 4) is 11.4 Å². The largest absolute Gasteiger partial charge is 0.318 e. The Morgan fingerprint density at radius 1 is 1.33 bits per heavy atom. The standard InChI is InChI=1S/C11H10F2N4S/c1-6-5-18-11-15-14-10(17(11)16-6)7-2-3-8(12)9(13)4-7/h2-4,6,16H,5H2,1H3. The van der Waals surface area contributed by atoms with E-state index in [0.29, 0.717) is 11.4 Å². The van der Waals surface area contributed by atoms with Crippen molar-refractivity contribution >= 4 is 11.8 Å². The second kappa shape index (κ2) is 4.24. The van der Waals surface area contributed by atoms with Crippen molar-refractivity contribution < 1.29 is 8.78 Å². The van der Waals surface area contributed by atoms with Gasteiger partial charge in [0.2, 0.25) is 5.16 Å². The van der Waals surface area contributed by atoms with Crippen LogP contribution in [0.2, 0.25) is 0 Å². The van der Waals surface area contributed by atoms with Gasteiger partial charge < -0.3 is 5.43 Å². The summed E-state index contributed by atoms with van der Waals surface area (Å²) in [6.45, 7) is 2.03. The predicted molar refractivity (Wildman–Crippen MR) is 64.9 cm³/mol. The number of aromatic nitrogens is 3. The molecule has 0 amide bonds. The minimum Gasteiger partial charge on any atom is -0.318 e. The van der Waals surface area contributed by atoms with Gasteiger partial charge in [-0.3, -0.25) is 0 Å². The van der Waals surface area contributed by atoms with Crippen molar-refractivity contribution in [1.29, 1.82) is 0 Å². The molecule has 2 heterocycles. The van der Waals surface area contributed by atoms with Gasteiger partial charge in [0.15, 0.2) is 17.5 Å². The molecule has 1 N–H and O–H groups in total. The number of nitrogens with one attached hydrogen (secondary N) is 1. The van der Waals surface area contributed by atoms with Gasteiger partial charge in [0.25, 0.3) is 0 Å². The first kappa shape index (κ1) is 11.5. The Kier molecular flexibility index (Phi) is 2.70. The lowest BCUT2D eigenvalue weighted by atomic mass is 10.2. The highest BCUT2D eigenvalue weighted by Crippen LogP contribution is 2.27. The van der Waals surface area contributed by atoms with Gasteiger partial charge >= 0.3 is 0 Å². The molecule has 0 aliphatic carbocycles. The van der Waals surface area contributed by atoms with Crippen LogP contribution in [0.25, 0.3) is 11.4 Å². The Hall–Kier alpha value is -1.63. The normalized spacial score (nSPS) is 18.3. The topological polar surface area (TPSA) is 42.7 Å². The molecule has 0 saturated carbocycles. The fraction of sp³-hybridized carbons (Fsp3) is 0.273. The molecule has 4 nitrogen and oxygen atoms in total. The van der Waals surface area contributed by atoms with Crippen molar-refractivity contribution in [2.45, 2.75) is 18.1 Å². The SMILES string of the molecule is CC1CSc2nnc(-c3ccc(F)c(F)c3)n2N1. The lowest BCUT2D eigenvalue weighted by Crippen LogP contribution is -2.32. The molecule has 1 atom stereocenters. The Morgan fingerprint density at radius 2 is 2.17 bits per heavy atom. The van der Waals surface area contributed by atoms with E-state index in [1.165, 1.54) is 6.07 Å². The smallest absolute Gasteiger partial charge is 0.210 e. The predicted octanol–water partition coefficient (Wildman–Crippen LogP) is 2.26. The maximum atomic E-state index is 13.2. The zero-order valence-electron chi connectivity index (χ0n) is 9.52. The molecule has 0 fully saturated rings. The monoisotopic (exact) mass is 268 g/mol. The highest BCUT2D eigenvalue weighted by atomic mass is 32.2. The molecule has 2 aromatic rings. The summed E-state index contributed by atoms with van der Waals surface area (Å²) in [5, 5.41) is 8.76. The van der Waals surface area contributed by atoms with Crippen LogP contribution < -0.4 is 5.43 Å². The third kappa shape index (κ3) is 1.84. The Labute approximate surface area is 106 Å². The van der Waals surface area contributed by atoms with Crippen molar-refractivity contribution in [2.24, 2.45) is 0 Å². The van der Waals surface area contributed by atoms with E-state index in [1.54, 1.807) is 16.4 Å². The number of benzene rings is 1. The molecule has 1 aliphatic rings. The van der Waals surface area contributed by atoms with Gasteiger partial charge in [-0.15, -0.1) is 10.2 Å².